The SMILES string of the molecule is O=C([O-])Cc1ccc(N2C(=O)/C(=C\c3ccco3)SC2=S)cc1. The molecule has 2 aromatic rings. The number of carbonyl (C=O) groups is 2. The van der Waals surface area contributed by atoms with Gasteiger partial charge in [-0.3, -0.25) is 9.69 Å². The van der Waals surface area contributed by atoms with E-state index in [4.69, 9.17) is 16.6 Å². The van der Waals surface area contributed by atoms with Crippen molar-refractivity contribution in [2.75, 3.05) is 4.90 Å². The van der Waals surface area contributed by atoms with E-state index in [2.05, 4.69) is 0 Å². The number of aliphatic carboxylic acids is 1. The topological polar surface area (TPSA) is 73.6 Å². The van der Waals surface area contributed by atoms with Crippen LogP contribution < -0.4 is 10.0 Å². The third-order valence-electron chi connectivity index (χ3n) is 3.15. The molecular weight excluding hydrogens is 334 g/mol. The fourth-order valence-corrected chi connectivity index (χ4v) is 3.40. The summed E-state index contributed by atoms with van der Waals surface area (Å²) in [6.45, 7) is 0. The Labute approximate surface area is 141 Å². The van der Waals surface area contributed by atoms with Crippen molar-refractivity contribution in [1.82, 2.24) is 0 Å². The van der Waals surface area contributed by atoms with Gasteiger partial charge in [0.25, 0.3) is 5.91 Å². The van der Waals surface area contributed by atoms with Gasteiger partial charge in [-0.1, -0.05) is 36.1 Å². The number of nitrogens with zero attached hydrogens (tertiary/aromatic N) is 1. The van der Waals surface area contributed by atoms with E-state index in [-0.39, 0.29) is 12.3 Å². The fraction of sp³-hybridized carbons (Fsp3) is 0.0625. The Balaban J connectivity index is 1.84. The van der Waals surface area contributed by atoms with E-state index in [1.165, 1.54) is 22.9 Å². The van der Waals surface area contributed by atoms with Crippen molar-refractivity contribution in [3.05, 3.63) is 58.9 Å². The summed E-state index contributed by atoms with van der Waals surface area (Å²) in [5.41, 5.74) is 1.20. The van der Waals surface area contributed by atoms with E-state index in [1.807, 2.05) is 0 Å². The first-order chi connectivity index (χ1) is 11.0. The highest BCUT2D eigenvalue weighted by atomic mass is 32.2. The first kappa shape index (κ1) is 15.5. The van der Waals surface area contributed by atoms with E-state index in [0.717, 1.165) is 0 Å². The molecule has 0 radical (unpaired) electrons. The first-order valence-corrected chi connectivity index (χ1v) is 7.87. The Bertz CT molecular complexity index is 794. The Morgan fingerprint density at radius 2 is 2.04 bits per heavy atom. The van der Waals surface area contributed by atoms with Crippen molar-refractivity contribution in [3.8, 4) is 0 Å². The minimum atomic E-state index is -1.15. The molecule has 1 aromatic carbocycles. The molecule has 1 amide bonds. The summed E-state index contributed by atoms with van der Waals surface area (Å²) < 4.78 is 5.62. The largest absolute Gasteiger partial charge is 0.550 e. The number of carboxylic acids is 1. The maximum atomic E-state index is 12.5. The van der Waals surface area contributed by atoms with Crippen LogP contribution in [0.25, 0.3) is 6.08 Å². The zero-order chi connectivity index (χ0) is 16.4. The number of rotatable bonds is 4. The second-order valence-corrected chi connectivity index (χ2v) is 6.42. The van der Waals surface area contributed by atoms with Crippen molar-refractivity contribution >= 4 is 51.9 Å². The van der Waals surface area contributed by atoms with Gasteiger partial charge in [-0.25, -0.2) is 0 Å². The van der Waals surface area contributed by atoms with Gasteiger partial charge < -0.3 is 14.3 Å². The monoisotopic (exact) mass is 344 g/mol. The molecular formula is C16H10NO4S2-. The number of anilines is 1. The van der Waals surface area contributed by atoms with Crippen LogP contribution in [0.5, 0.6) is 0 Å². The van der Waals surface area contributed by atoms with Gasteiger partial charge in [-0.15, -0.1) is 0 Å². The molecule has 0 bridgehead atoms. The van der Waals surface area contributed by atoms with Gasteiger partial charge in [0.15, 0.2) is 4.32 Å². The summed E-state index contributed by atoms with van der Waals surface area (Å²) >= 11 is 6.46. The molecule has 116 valence electrons. The van der Waals surface area contributed by atoms with Crippen LogP contribution in [0.4, 0.5) is 5.69 Å². The highest BCUT2D eigenvalue weighted by Crippen LogP contribution is 2.36. The normalized spacial score (nSPS) is 16.3. The number of thioether (sulfide) groups is 1. The van der Waals surface area contributed by atoms with Crippen LogP contribution in [0, 0.1) is 0 Å². The molecule has 1 fully saturated rings. The molecule has 2 heterocycles. The smallest absolute Gasteiger partial charge is 0.270 e. The fourth-order valence-electron chi connectivity index (χ4n) is 2.12. The van der Waals surface area contributed by atoms with Crippen molar-refractivity contribution in [2.45, 2.75) is 6.42 Å². The minimum absolute atomic E-state index is 0.170. The van der Waals surface area contributed by atoms with E-state index < -0.39 is 5.97 Å². The summed E-state index contributed by atoms with van der Waals surface area (Å²) in [6, 6.07) is 10.1. The number of furan rings is 1. The number of carbonyl (C=O) groups excluding carboxylic acids is 2. The van der Waals surface area contributed by atoms with E-state index >= 15 is 0 Å². The summed E-state index contributed by atoms with van der Waals surface area (Å²) in [7, 11) is 0. The summed E-state index contributed by atoms with van der Waals surface area (Å²) in [5.74, 6) is -0.802. The summed E-state index contributed by atoms with van der Waals surface area (Å²) in [6.07, 6.45) is 3.00. The second kappa shape index (κ2) is 6.39. The zero-order valence-electron chi connectivity index (χ0n) is 11.7. The van der Waals surface area contributed by atoms with E-state index in [0.29, 0.717) is 26.2 Å². The Kier molecular flexibility index (Phi) is 4.31. The highest BCUT2D eigenvalue weighted by molar-refractivity contribution is 8.27. The van der Waals surface area contributed by atoms with E-state index in [1.54, 1.807) is 42.5 Å². The molecule has 0 saturated carbocycles. The standard InChI is InChI=1S/C16H11NO4S2/c18-14(19)8-10-3-5-11(6-4-10)17-15(20)13(23-16(17)22)9-12-2-1-7-21-12/h1-7,9H,8H2,(H,18,19)/p-1/b13-9+. The molecule has 1 aliphatic heterocycles. The first-order valence-electron chi connectivity index (χ1n) is 6.65. The van der Waals surface area contributed by atoms with Gasteiger partial charge >= 0.3 is 0 Å². The lowest BCUT2D eigenvalue weighted by Crippen LogP contribution is -2.27. The quantitative estimate of drug-likeness (QED) is 0.624. The van der Waals surface area contributed by atoms with Crippen LogP contribution in [-0.2, 0) is 16.0 Å². The van der Waals surface area contributed by atoms with Crippen molar-refractivity contribution in [3.63, 3.8) is 0 Å². The van der Waals surface area contributed by atoms with Crippen molar-refractivity contribution in [1.29, 1.82) is 0 Å². The number of carboxylic acid groups (broad SMARTS) is 1. The van der Waals surface area contributed by atoms with Gasteiger partial charge in [0.1, 0.15) is 5.76 Å². The third-order valence-corrected chi connectivity index (χ3v) is 4.46. The molecule has 1 aliphatic rings. The molecule has 3 rings (SSSR count). The Morgan fingerprint density at radius 1 is 1.30 bits per heavy atom. The molecule has 7 heteroatoms. The molecule has 1 aromatic heterocycles. The van der Waals surface area contributed by atoms with Gasteiger partial charge in [0, 0.05) is 18.5 Å². The minimum Gasteiger partial charge on any atom is -0.550 e. The zero-order valence-corrected chi connectivity index (χ0v) is 13.4. The predicted octanol–water partition coefficient (Wildman–Crippen LogP) is 1.98. The molecule has 0 aliphatic carbocycles. The maximum Gasteiger partial charge on any atom is 0.270 e. The van der Waals surface area contributed by atoms with Gasteiger partial charge in [-0.2, -0.15) is 0 Å². The average molecular weight is 344 g/mol. The van der Waals surface area contributed by atoms with Crippen LogP contribution in [0.3, 0.4) is 0 Å². The molecule has 0 unspecified atom stereocenters. The van der Waals surface area contributed by atoms with Crippen molar-refractivity contribution in [2.24, 2.45) is 0 Å². The summed E-state index contributed by atoms with van der Waals surface area (Å²) in [4.78, 5) is 25.0. The Morgan fingerprint density at radius 3 is 2.65 bits per heavy atom. The lowest BCUT2D eigenvalue weighted by atomic mass is 10.1. The number of hydrogen-bond acceptors (Lipinski definition) is 6. The average Bonchev–Trinajstić information content (AvgIpc) is 3.09. The van der Waals surface area contributed by atoms with Gasteiger partial charge in [0.2, 0.25) is 0 Å². The number of hydrogen-bond donors (Lipinski definition) is 0. The van der Waals surface area contributed by atoms with Crippen LogP contribution in [-0.4, -0.2) is 16.2 Å². The maximum absolute atomic E-state index is 12.5. The van der Waals surface area contributed by atoms with Crippen LogP contribution >= 0.6 is 24.0 Å². The predicted molar refractivity (Wildman–Crippen MR) is 89.5 cm³/mol. The Hall–Kier alpha value is -2.38. The van der Waals surface area contributed by atoms with Crippen LogP contribution in [0.15, 0.2) is 52.0 Å². The molecule has 5 nitrogen and oxygen atoms in total. The molecule has 23 heavy (non-hydrogen) atoms. The van der Waals surface area contributed by atoms with Gasteiger partial charge in [-0.05, 0) is 29.8 Å². The number of amides is 1. The number of thiocarbonyl (C=S) groups is 1. The number of benzene rings is 1. The molecule has 0 atom stereocenters. The third kappa shape index (κ3) is 3.35. The van der Waals surface area contributed by atoms with Crippen molar-refractivity contribution < 1.29 is 19.1 Å². The summed E-state index contributed by atoms with van der Waals surface area (Å²) in [5, 5.41) is 10.6. The molecule has 0 N–H and O–H groups in total. The lowest BCUT2D eigenvalue weighted by molar-refractivity contribution is -0.304. The van der Waals surface area contributed by atoms with E-state index in [9.17, 15) is 14.7 Å². The van der Waals surface area contributed by atoms with Crippen LogP contribution in [0.2, 0.25) is 0 Å². The molecule has 1 saturated heterocycles. The van der Waals surface area contributed by atoms with Crippen LogP contribution in [0.1, 0.15) is 11.3 Å². The van der Waals surface area contributed by atoms with Gasteiger partial charge in [0.05, 0.1) is 16.9 Å². The molecule has 0 spiro atoms. The second-order valence-electron chi connectivity index (χ2n) is 4.75. The highest BCUT2D eigenvalue weighted by Gasteiger charge is 2.33. The lowest BCUT2D eigenvalue weighted by Gasteiger charge is -2.15.